The molecule has 0 atom stereocenters. The molecule has 4 heteroatoms. The molecule has 0 unspecified atom stereocenters. The van der Waals surface area contributed by atoms with Crippen LogP contribution in [0.15, 0.2) is 24.3 Å². The highest BCUT2D eigenvalue weighted by Crippen LogP contribution is 2.39. The van der Waals surface area contributed by atoms with Crippen LogP contribution in [0.25, 0.3) is 10.4 Å². The molecule has 0 amide bonds. The summed E-state index contributed by atoms with van der Waals surface area (Å²) < 4.78 is 5.25. The highest BCUT2D eigenvalue weighted by Gasteiger charge is 2.16. The van der Waals surface area contributed by atoms with Crippen LogP contribution in [0.4, 0.5) is 5.69 Å². The number of nitrogens with zero attached hydrogens (tertiary/aromatic N) is 1. The fraction of sp³-hybridized carbons (Fsp3) is 0.267. The van der Waals surface area contributed by atoms with Crippen molar-refractivity contribution in [3.05, 3.63) is 34.7 Å². The molecular weight excluding hydrogens is 256 g/mol. The van der Waals surface area contributed by atoms with Crippen molar-refractivity contribution < 1.29 is 4.74 Å². The van der Waals surface area contributed by atoms with Gasteiger partial charge in [-0.1, -0.05) is 25.5 Å². The van der Waals surface area contributed by atoms with Crippen LogP contribution >= 0.6 is 11.3 Å². The van der Waals surface area contributed by atoms with Crippen LogP contribution in [0.1, 0.15) is 23.8 Å². The van der Waals surface area contributed by atoms with E-state index in [1.807, 2.05) is 24.3 Å². The zero-order valence-corrected chi connectivity index (χ0v) is 11.9. The largest absolute Gasteiger partial charge is 0.497 e. The van der Waals surface area contributed by atoms with Gasteiger partial charge in [0.15, 0.2) is 0 Å². The fourth-order valence-electron chi connectivity index (χ4n) is 2.06. The third kappa shape index (κ3) is 2.56. The van der Waals surface area contributed by atoms with E-state index in [2.05, 4.69) is 13.0 Å². The first-order valence-corrected chi connectivity index (χ1v) is 6.98. The van der Waals surface area contributed by atoms with Crippen LogP contribution in [-0.2, 0) is 6.42 Å². The first-order chi connectivity index (χ1) is 9.21. The Morgan fingerprint density at radius 1 is 1.42 bits per heavy atom. The Morgan fingerprint density at radius 3 is 2.84 bits per heavy atom. The van der Waals surface area contributed by atoms with Crippen molar-refractivity contribution >= 4 is 17.0 Å². The number of thiophene rings is 1. The fourth-order valence-corrected chi connectivity index (χ4v) is 3.12. The lowest BCUT2D eigenvalue weighted by atomic mass is 10.0. The van der Waals surface area contributed by atoms with E-state index in [0.717, 1.165) is 34.6 Å². The second-order valence-corrected chi connectivity index (χ2v) is 5.27. The number of methoxy groups -OCH3 is 1. The molecule has 1 aromatic heterocycles. The minimum Gasteiger partial charge on any atom is -0.497 e. The van der Waals surface area contributed by atoms with Gasteiger partial charge in [-0.15, -0.1) is 11.3 Å². The molecule has 0 aliphatic carbocycles. The Kier molecular flexibility index (Phi) is 4.08. The lowest BCUT2D eigenvalue weighted by Gasteiger charge is -2.06. The molecule has 1 aromatic carbocycles. The van der Waals surface area contributed by atoms with Gasteiger partial charge in [0.25, 0.3) is 0 Å². The van der Waals surface area contributed by atoms with E-state index in [-0.39, 0.29) is 0 Å². The lowest BCUT2D eigenvalue weighted by Crippen LogP contribution is -1.93. The first-order valence-electron chi connectivity index (χ1n) is 6.16. The topological polar surface area (TPSA) is 59.0 Å². The Hall–Kier alpha value is -1.99. The second kappa shape index (κ2) is 5.77. The molecule has 0 aliphatic heterocycles. The summed E-state index contributed by atoms with van der Waals surface area (Å²) in [5, 5.41) is 9.13. The number of anilines is 1. The zero-order valence-electron chi connectivity index (χ0n) is 11.1. The van der Waals surface area contributed by atoms with Crippen LogP contribution in [0, 0.1) is 11.3 Å². The average molecular weight is 272 g/mol. The molecule has 0 radical (unpaired) electrons. The van der Waals surface area contributed by atoms with E-state index < -0.39 is 0 Å². The number of benzene rings is 1. The molecule has 0 aliphatic rings. The van der Waals surface area contributed by atoms with Crippen molar-refractivity contribution in [2.75, 3.05) is 12.8 Å². The monoisotopic (exact) mass is 272 g/mol. The summed E-state index contributed by atoms with van der Waals surface area (Å²) >= 11 is 1.46. The molecule has 2 N–H and O–H groups in total. The molecule has 98 valence electrons. The molecule has 0 spiro atoms. The van der Waals surface area contributed by atoms with Gasteiger partial charge in [-0.3, -0.25) is 0 Å². The van der Waals surface area contributed by atoms with Crippen LogP contribution in [0.5, 0.6) is 5.75 Å². The van der Waals surface area contributed by atoms with Gasteiger partial charge in [-0.2, -0.15) is 5.26 Å². The maximum absolute atomic E-state index is 9.13. The molecule has 19 heavy (non-hydrogen) atoms. The summed E-state index contributed by atoms with van der Waals surface area (Å²) in [5.74, 6) is 0.811. The molecule has 2 aromatic rings. The van der Waals surface area contributed by atoms with Gasteiger partial charge in [0.2, 0.25) is 0 Å². The highest BCUT2D eigenvalue weighted by atomic mass is 32.1. The molecule has 1 heterocycles. The molecule has 0 saturated heterocycles. The van der Waals surface area contributed by atoms with Gasteiger partial charge < -0.3 is 10.5 Å². The Morgan fingerprint density at radius 2 is 2.21 bits per heavy atom. The highest BCUT2D eigenvalue weighted by molar-refractivity contribution is 7.16. The Bertz CT molecular complexity index is 626. The van der Waals surface area contributed by atoms with Gasteiger partial charge in [0.05, 0.1) is 12.8 Å². The predicted molar refractivity (Wildman–Crippen MR) is 79.4 cm³/mol. The van der Waals surface area contributed by atoms with Crippen molar-refractivity contribution in [1.82, 2.24) is 0 Å². The van der Waals surface area contributed by atoms with Crippen LogP contribution in [-0.4, -0.2) is 7.11 Å². The van der Waals surface area contributed by atoms with Crippen LogP contribution < -0.4 is 10.5 Å². The SMILES string of the molecule is CCCc1c(-c2cccc(OC)c2)sc(C#N)c1N. The van der Waals surface area contributed by atoms with Crippen molar-refractivity contribution in [3.8, 4) is 22.3 Å². The van der Waals surface area contributed by atoms with E-state index in [0.29, 0.717) is 10.6 Å². The zero-order chi connectivity index (χ0) is 13.8. The summed E-state index contributed by atoms with van der Waals surface area (Å²) in [6, 6.07) is 10.0. The van der Waals surface area contributed by atoms with E-state index in [1.54, 1.807) is 7.11 Å². The van der Waals surface area contributed by atoms with Crippen LogP contribution in [0.3, 0.4) is 0 Å². The van der Waals surface area contributed by atoms with Crippen molar-refractivity contribution in [2.45, 2.75) is 19.8 Å². The maximum atomic E-state index is 9.13. The second-order valence-electron chi connectivity index (χ2n) is 4.25. The molecular formula is C15H16N2OS. The van der Waals surface area contributed by atoms with Gasteiger partial charge >= 0.3 is 0 Å². The maximum Gasteiger partial charge on any atom is 0.128 e. The first kappa shape index (κ1) is 13.4. The molecule has 3 nitrogen and oxygen atoms in total. The Balaban J connectivity index is 2.57. The summed E-state index contributed by atoms with van der Waals surface area (Å²) in [7, 11) is 1.65. The normalized spacial score (nSPS) is 10.2. The quantitative estimate of drug-likeness (QED) is 0.920. The summed E-state index contributed by atoms with van der Waals surface area (Å²) in [4.78, 5) is 1.68. The molecule has 2 rings (SSSR count). The smallest absolute Gasteiger partial charge is 0.128 e. The van der Waals surface area contributed by atoms with Gasteiger partial charge in [0, 0.05) is 4.88 Å². The number of hydrogen-bond donors (Lipinski definition) is 1. The van der Waals surface area contributed by atoms with E-state index in [9.17, 15) is 0 Å². The van der Waals surface area contributed by atoms with Gasteiger partial charge in [-0.25, -0.2) is 0 Å². The number of rotatable bonds is 4. The van der Waals surface area contributed by atoms with Gasteiger partial charge in [0.1, 0.15) is 16.7 Å². The third-order valence-electron chi connectivity index (χ3n) is 2.98. The summed E-state index contributed by atoms with van der Waals surface area (Å²) in [5.41, 5.74) is 8.83. The number of nitrogen functional groups attached to an aromatic ring is 1. The number of nitriles is 1. The van der Waals surface area contributed by atoms with Crippen LogP contribution in [0.2, 0.25) is 0 Å². The molecule has 0 bridgehead atoms. The molecule has 0 saturated carbocycles. The predicted octanol–water partition coefficient (Wildman–Crippen LogP) is 3.83. The third-order valence-corrected chi connectivity index (χ3v) is 4.18. The Labute approximate surface area is 117 Å². The van der Waals surface area contributed by atoms with Crippen molar-refractivity contribution in [3.63, 3.8) is 0 Å². The lowest BCUT2D eigenvalue weighted by molar-refractivity contribution is 0.415. The summed E-state index contributed by atoms with van der Waals surface area (Å²) in [6.07, 6.45) is 1.89. The van der Waals surface area contributed by atoms with E-state index in [4.69, 9.17) is 15.7 Å². The average Bonchev–Trinajstić information content (AvgIpc) is 2.76. The van der Waals surface area contributed by atoms with Crippen molar-refractivity contribution in [2.24, 2.45) is 0 Å². The number of hydrogen-bond acceptors (Lipinski definition) is 4. The summed E-state index contributed by atoms with van der Waals surface area (Å²) in [6.45, 7) is 2.11. The molecule has 0 fully saturated rings. The number of nitrogens with two attached hydrogens (primary N) is 1. The minimum absolute atomic E-state index is 0.598. The van der Waals surface area contributed by atoms with E-state index in [1.165, 1.54) is 11.3 Å². The minimum atomic E-state index is 0.598. The number of ether oxygens (including phenoxy) is 1. The standard InChI is InChI=1S/C15H16N2OS/c1-3-5-12-14(17)13(9-16)19-15(12)10-6-4-7-11(8-10)18-2/h4,6-8H,3,5,17H2,1-2H3. The van der Waals surface area contributed by atoms with Gasteiger partial charge in [-0.05, 0) is 29.7 Å². The van der Waals surface area contributed by atoms with Crippen molar-refractivity contribution in [1.29, 1.82) is 5.26 Å². The van der Waals surface area contributed by atoms with E-state index >= 15 is 0 Å².